The third-order valence-electron chi connectivity index (χ3n) is 2.84. The molecular weight excluding hydrogens is 290 g/mol. The summed E-state index contributed by atoms with van der Waals surface area (Å²) < 4.78 is 4.74. The van der Waals surface area contributed by atoms with Crippen molar-refractivity contribution in [2.45, 2.75) is 13.0 Å². The molecule has 0 spiro atoms. The highest BCUT2D eigenvalue weighted by atomic mass is 16.5. The normalized spacial score (nSPS) is 11.6. The van der Waals surface area contributed by atoms with Gasteiger partial charge in [-0.2, -0.15) is 0 Å². The van der Waals surface area contributed by atoms with E-state index >= 15 is 0 Å². The molecule has 0 radical (unpaired) electrons. The number of carbonyl (C=O) groups excluding carboxylic acids is 2. The highest BCUT2D eigenvalue weighted by molar-refractivity contribution is 5.95. The zero-order chi connectivity index (χ0) is 16.5. The maximum absolute atomic E-state index is 11.7. The van der Waals surface area contributed by atoms with E-state index in [9.17, 15) is 9.59 Å². The van der Waals surface area contributed by atoms with Gasteiger partial charge >= 0.3 is 6.03 Å². The number of aliphatic hydroxyl groups excluding tert-OH is 2. The standard InChI is InChI=1S/C14H21N3O5/c1-9-11(16-13(20)8-22-2)4-3-5-12(9)17-14(21)15-6-10(19)7-18/h3-5,10,18-19H,6-8H2,1-2H3,(H,16,20)(H2,15,17,21)/t10-/m1/s1. The topological polar surface area (TPSA) is 120 Å². The molecule has 1 aromatic rings. The van der Waals surface area contributed by atoms with Crippen LogP contribution in [0.2, 0.25) is 0 Å². The summed E-state index contributed by atoms with van der Waals surface area (Å²) in [6.07, 6.45) is -1.01. The molecule has 22 heavy (non-hydrogen) atoms. The predicted molar refractivity (Wildman–Crippen MR) is 81.8 cm³/mol. The first-order chi connectivity index (χ1) is 10.5. The van der Waals surface area contributed by atoms with Gasteiger partial charge in [-0.05, 0) is 24.6 Å². The molecule has 0 bridgehead atoms. The van der Waals surface area contributed by atoms with Gasteiger partial charge in [0.05, 0.1) is 12.7 Å². The predicted octanol–water partition coefficient (Wildman–Crippen LogP) is 0.0546. The lowest BCUT2D eigenvalue weighted by atomic mass is 10.1. The lowest BCUT2D eigenvalue weighted by Gasteiger charge is -2.14. The van der Waals surface area contributed by atoms with Crippen molar-refractivity contribution in [3.8, 4) is 0 Å². The van der Waals surface area contributed by atoms with E-state index in [1.165, 1.54) is 7.11 Å². The molecule has 1 aromatic carbocycles. The molecule has 8 heteroatoms. The fraction of sp³-hybridized carbons (Fsp3) is 0.429. The van der Waals surface area contributed by atoms with Gasteiger partial charge in [-0.3, -0.25) is 4.79 Å². The average Bonchev–Trinajstić information content (AvgIpc) is 2.49. The summed E-state index contributed by atoms with van der Waals surface area (Å²) >= 11 is 0. The van der Waals surface area contributed by atoms with Crippen molar-refractivity contribution >= 4 is 23.3 Å². The third kappa shape index (κ3) is 5.68. The second kappa shape index (κ2) is 8.98. The largest absolute Gasteiger partial charge is 0.394 e. The van der Waals surface area contributed by atoms with E-state index in [1.54, 1.807) is 25.1 Å². The third-order valence-corrected chi connectivity index (χ3v) is 2.84. The van der Waals surface area contributed by atoms with Crippen molar-refractivity contribution in [3.63, 3.8) is 0 Å². The molecular formula is C14H21N3O5. The fourth-order valence-electron chi connectivity index (χ4n) is 1.67. The van der Waals surface area contributed by atoms with Crippen LogP contribution in [0.25, 0.3) is 0 Å². The first-order valence-corrected chi connectivity index (χ1v) is 6.70. The number of urea groups is 1. The van der Waals surface area contributed by atoms with Crippen LogP contribution in [0.3, 0.4) is 0 Å². The number of methoxy groups -OCH3 is 1. The van der Waals surface area contributed by atoms with Crippen LogP contribution in [0.1, 0.15) is 5.56 Å². The fourth-order valence-corrected chi connectivity index (χ4v) is 1.67. The number of rotatable bonds is 7. The number of aliphatic hydroxyl groups is 2. The van der Waals surface area contributed by atoms with Crippen molar-refractivity contribution in [1.29, 1.82) is 0 Å². The van der Waals surface area contributed by atoms with E-state index in [2.05, 4.69) is 16.0 Å². The molecule has 1 rings (SSSR count). The monoisotopic (exact) mass is 311 g/mol. The number of ether oxygens (including phenoxy) is 1. The Morgan fingerprint density at radius 2 is 1.91 bits per heavy atom. The molecule has 0 fully saturated rings. The summed E-state index contributed by atoms with van der Waals surface area (Å²) in [4.78, 5) is 23.2. The summed E-state index contributed by atoms with van der Waals surface area (Å²) in [5, 5.41) is 25.6. The number of anilines is 2. The molecule has 5 N–H and O–H groups in total. The number of amides is 3. The van der Waals surface area contributed by atoms with Gasteiger partial charge in [0.15, 0.2) is 0 Å². The van der Waals surface area contributed by atoms with Crippen LogP contribution in [-0.2, 0) is 9.53 Å². The second-order valence-electron chi connectivity index (χ2n) is 4.63. The molecule has 122 valence electrons. The van der Waals surface area contributed by atoms with Crippen molar-refractivity contribution in [2.24, 2.45) is 0 Å². The molecule has 0 heterocycles. The Balaban J connectivity index is 2.67. The Kier molecular flexibility index (Phi) is 7.30. The molecule has 0 aliphatic carbocycles. The van der Waals surface area contributed by atoms with E-state index in [0.29, 0.717) is 16.9 Å². The van der Waals surface area contributed by atoms with Crippen molar-refractivity contribution in [1.82, 2.24) is 5.32 Å². The maximum Gasteiger partial charge on any atom is 0.319 e. The van der Waals surface area contributed by atoms with Gasteiger partial charge in [0, 0.05) is 25.0 Å². The SMILES string of the molecule is COCC(=O)Nc1cccc(NC(=O)NC[C@@H](O)CO)c1C. The number of nitrogens with one attached hydrogen (secondary N) is 3. The average molecular weight is 311 g/mol. The van der Waals surface area contributed by atoms with E-state index in [4.69, 9.17) is 14.9 Å². The second-order valence-corrected chi connectivity index (χ2v) is 4.63. The Labute approximate surface area is 128 Å². The Hall–Kier alpha value is -2.16. The van der Waals surface area contributed by atoms with E-state index in [-0.39, 0.29) is 19.1 Å². The first kappa shape index (κ1) is 17.9. The van der Waals surface area contributed by atoms with Crippen LogP contribution >= 0.6 is 0 Å². The van der Waals surface area contributed by atoms with Gasteiger partial charge in [0.1, 0.15) is 6.61 Å². The summed E-state index contributed by atoms with van der Waals surface area (Å²) in [7, 11) is 1.43. The Morgan fingerprint density at radius 1 is 1.27 bits per heavy atom. The first-order valence-electron chi connectivity index (χ1n) is 6.70. The Bertz CT molecular complexity index is 521. The molecule has 0 unspecified atom stereocenters. The molecule has 8 nitrogen and oxygen atoms in total. The smallest absolute Gasteiger partial charge is 0.319 e. The minimum Gasteiger partial charge on any atom is -0.394 e. The molecule has 0 saturated carbocycles. The highest BCUT2D eigenvalue weighted by Crippen LogP contribution is 2.23. The summed E-state index contributed by atoms with van der Waals surface area (Å²) in [5.41, 5.74) is 1.77. The van der Waals surface area contributed by atoms with Gasteiger partial charge in [0.2, 0.25) is 5.91 Å². The van der Waals surface area contributed by atoms with Gasteiger partial charge < -0.3 is 30.9 Å². The Morgan fingerprint density at radius 3 is 2.50 bits per heavy atom. The van der Waals surface area contributed by atoms with Gasteiger partial charge in [-0.1, -0.05) is 6.07 Å². The number of carbonyl (C=O) groups is 2. The van der Waals surface area contributed by atoms with Crippen LogP contribution in [0.4, 0.5) is 16.2 Å². The van der Waals surface area contributed by atoms with Crippen molar-refractivity contribution in [3.05, 3.63) is 23.8 Å². The van der Waals surface area contributed by atoms with E-state index in [0.717, 1.165) is 0 Å². The molecule has 1 atom stereocenters. The van der Waals surface area contributed by atoms with Crippen LogP contribution in [-0.4, -0.2) is 55.1 Å². The summed E-state index contributed by atoms with van der Waals surface area (Å²) in [6.45, 7) is 1.20. The van der Waals surface area contributed by atoms with Gasteiger partial charge in [-0.25, -0.2) is 4.79 Å². The molecule has 0 saturated heterocycles. The molecule has 3 amide bonds. The van der Waals surface area contributed by atoms with Gasteiger partial charge in [-0.15, -0.1) is 0 Å². The lowest BCUT2D eigenvalue weighted by molar-refractivity contribution is -0.119. The summed E-state index contributed by atoms with van der Waals surface area (Å²) in [5.74, 6) is -0.293. The van der Waals surface area contributed by atoms with Crippen LogP contribution in [0.15, 0.2) is 18.2 Å². The highest BCUT2D eigenvalue weighted by Gasteiger charge is 2.10. The van der Waals surface area contributed by atoms with E-state index in [1.807, 2.05) is 0 Å². The number of hydrogen-bond acceptors (Lipinski definition) is 5. The van der Waals surface area contributed by atoms with Crippen LogP contribution in [0, 0.1) is 6.92 Å². The van der Waals surface area contributed by atoms with Crippen LogP contribution in [0.5, 0.6) is 0 Å². The minimum atomic E-state index is -1.01. The van der Waals surface area contributed by atoms with Crippen molar-refractivity contribution < 1.29 is 24.5 Å². The maximum atomic E-state index is 11.7. The quantitative estimate of drug-likeness (QED) is 0.487. The summed E-state index contributed by atoms with van der Waals surface area (Å²) in [6, 6.07) is 4.56. The molecule has 0 aliphatic rings. The minimum absolute atomic E-state index is 0.0589. The number of hydrogen-bond donors (Lipinski definition) is 5. The molecule has 0 aromatic heterocycles. The zero-order valence-electron chi connectivity index (χ0n) is 12.5. The lowest BCUT2D eigenvalue weighted by Crippen LogP contribution is -2.36. The van der Waals surface area contributed by atoms with E-state index < -0.39 is 18.7 Å². The van der Waals surface area contributed by atoms with Gasteiger partial charge in [0.25, 0.3) is 0 Å². The van der Waals surface area contributed by atoms with Crippen LogP contribution < -0.4 is 16.0 Å². The molecule has 0 aliphatic heterocycles. The zero-order valence-corrected chi connectivity index (χ0v) is 12.5. The van der Waals surface area contributed by atoms with Crippen molar-refractivity contribution in [2.75, 3.05) is 37.5 Å². The number of benzene rings is 1.